The Morgan fingerprint density at radius 3 is 1.32 bits per heavy atom. The molecule has 7 heterocycles. The summed E-state index contributed by atoms with van der Waals surface area (Å²) in [6, 6.07) is 25.0. The number of carbonyl (C=O) groups is 3. The van der Waals surface area contributed by atoms with Crippen LogP contribution in [0.25, 0.3) is 33.1 Å². The Morgan fingerprint density at radius 1 is 0.600 bits per heavy atom. The van der Waals surface area contributed by atoms with E-state index in [2.05, 4.69) is 30.9 Å². The van der Waals surface area contributed by atoms with Crippen molar-refractivity contribution in [3.8, 4) is 0 Å². The fraction of sp³-hybridized carbons (Fsp3) is 0.192. The van der Waals surface area contributed by atoms with E-state index in [4.69, 9.17) is 9.94 Å². The number of fused-ring (bicyclic) bond motifs is 3. The first-order valence-electron chi connectivity index (χ1n) is 22.8. The Kier molecular flexibility index (Phi) is 16.6. The Hall–Kier alpha value is -6.56. The Balaban J connectivity index is 0.000000150. The summed E-state index contributed by atoms with van der Waals surface area (Å²) in [5, 5.41) is 29.4. The molecular weight excluding hydrogens is 1310 g/mol. The van der Waals surface area contributed by atoms with E-state index in [0.29, 0.717) is 74.8 Å². The molecule has 0 bridgehead atoms. The summed E-state index contributed by atoms with van der Waals surface area (Å²) < 4.78 is 55.7. The predicted octanol–water partition coefficient (Wildman–Crippen LogP) is 11.1. The molecule has 0 unspecified atom stereocenters. The van der Waals surface area contributed by atoms with Crippen LogP contribution < -0.4 is 21.4 Å². The first-order chi connectivity index (χ1) is 35.6. The largest absolute Gasteiger partial charge is 0.456 e. The topological polar surface area (TPSA) is 206 Å². The van der Waals surface area contributed by atoms with Gasteiger partial charge in [0.15, 0.2) is 0 Å². The monoisotopic (exact) mass is 1360 g/mol. The van der Waals surface area contributed by atoms with Gasteiger partial charge >= 0.3 is 5.97 Å². The van der Waals surface area contributed by atoms with Gasteiger partial charge in [-0.25, -0.2) is 38.4 Å². The molecule has 0 saturated carbocycles. The van der Waals surface area contributed by atoms with Crippen molar-refractivity contribution in [3.63, 3.8) is 0 Å². The molecule has 0 atom stereocenters. The van der Waals surface area contributed by atoms with Gasteiger partial charge in [-0.05, 0) is 180 Å². The Labute approximate surface area is 468 Å². The van der Waals surface area contributed by atoms with Crippen molar-refractivity contribution in [2.75, 3.05) is 29.0 Å². The molecule has 75 heavy (non-hydrogen) atoms. The number of ether oxygens (including phenoxy) is 1. The third-order valence-electron chi connectivity index (χ3n) is 11.7. The molecule has 0 spiro atoms. The maximum atomic E-state index is 14.3. The number of anilines is 6. The Morgan fingerprint density at radius 2 is 0.960 bits per heavy atom. The zero-order valence-electron chi connectivity index (χ0n) is 40.8. The van der Waals surface area contributed by atoms with E-state index in [1.165, 1.54) is 18.2 Å². The van der Waals surface area contributed by atoms with Crippen molar-refractivity contribution >= 4 is 153 Å². The van der Waals surface area contributed by atoms with E-state index in [0.717, 1.165) is 10.7 Å². The summed E-state index contributed by atoms with van der Waals surface area (Å²) in [4.78, 5) is 52.4. The summed E-state index contributed by atoms with van der Waals surface area (Å²) in [5.41, 5.74) is 4.51. The van der Waals surface area contributed by atoms with Crippen LogP contribution in [0.15, 0.2) is 110 Å². The number of aryl methyl sites for hydroxylation is 3. The number of nitrogens with one attached hydrogen (secondary N) is 4. The maximum Gasteiger partial charge on any atom is 0.343 e. The Bertz CT molecular complexity index is 3670. The molecule has 1 fully saturated rings. The van der Waals surface area contributed by atoms with Crippen LogP contribution in [0.1, 0.15) is 51.8 Å². The summed E-state index contributed by atoms with van der Waals surface area (Å²) in [7, 11) is 5.26. The maximum absolute atomic E-state index is 14.3. The molecule has 0 aliphatic carbocycles. The van der Waals surface area contributed by atoms with Crippen molar-refractivity contribution in [2.45, 2.75) is 32.5 Å². The average molecular weight is 1360 g/mol. The van der Waals surface area contributed by atoms with Crippen LogP contribution in [0, 0.1) is 28.2 Å². The quantitative estimate of drug-likeness (QED) is 0.0346. The minimum absolute atomic E-state index is 0.191. The molecule has 6 aromatic heterocycles. The second kappa shape index (κ2) is 22.7. The molecule has 388 valence electrons. The highest BCUT2D eigenvalue weighted by molar-refractivity contribution is 14.1. The predicted molar refractivity (Wildman–Crippen MR) is 306 cm³/mol. The second-order valence-corrected chi connectivity index (χ2v) is 21.8. The van der Waals surface area contributed by atoms with Gasteiger partial charge in [0.1, 0.15) is 63.0 Å². The summed E-state index contributed by atoms with van der Waals surface area (Å²) >= 11 is 6.10. The number of aliphatic hydroxyl groups excluding tert-OH is 1. The number of esters is 1. The molecule has 9 aromatic rings. The zero-order chi connectivity index (χ0) is 54.0. The SMILES string of the molecule is Cn1c(Nc2ccc(I)cc2F)c(C(=O)N2CC(O)C2)c2cccnc21.Cn1c(Nc2ccc(I)cc2F)c(C(=O)NO)c2cccnc21.Cn1c(Nc2ccc(I)cc2F)c(C(=O)OC(C)(C)C)c2cccnc21. The second-order valence-electron chi connectivity index (χ2n) is 18.0. The van der Waals surface area contributed by atoms with Crippen molar-refractivity contribution in [1.82, 2.24) is 39.0 Å². The van der Waals surface area contributed by atoms with E-state index in [9.17, 15) is 32.7 Å². The molecule has 1 aliphatic heterocycles. The number of hydroxylamine groups is 1. The van der Waals surface area contributed by atoms with E-state index < -0.39 is 41.0 Å². The number of benzene rings is 3. The van der Waals surface area contributed by atoms with Crippen molar-refractivity contribution in [2.24, 2.45) is 21.1 Å². The minimum Gasteiger partial charge on any atom is -0.456 e. The third kappa shape index (κ3) is 11.8. The smallest absolute Gasteiger partial charge is 0.343 e. The normalized spacial score (nSPS) is 12.4. The van der Waals surface area contributed by atoms with Gasteiger partial charge in [0.25, 0.3) is 11.8 Å². The molecular formula is C52H47F3I3N11O6. The number of likely N-dealkylation sites (tertiary alicyclic amines) is 1. The molecule has 1 saturated heterocycles. The highest BCUT2D eigenvalue weighted by atomic mass is 127. The van der Waals surface area contributed by atoms with Gasteiger partial charge in [0.05, 0.1) is 34.3 Å². The molecule has 0 radical (unpaired) electrons. The first-order valence-corrected chi connectivity index (χ1v) is 26.0. The molecule has 6 N–H and O–H groups in total. The van der Waals surface area contributed by atoms with Gasteiger partial charge in [0.2, 0.25) is 0 Å². The molecule has 2 amide bonds. The molecule has 10 rings (SSSR count). The standard InChI is InChI=1S/C19H19FIN3O2.C18H16FIN4O2.C15H12FIN4O2/c1-19(2,3)26-18(25)15-12-6-5-9-22-16(12)24(4)17(15)23-14-8-7-11(21)10-13(14)20;1-23-16-12(3-2-6-21-16)15(18(26)24-8-11(25)9-24)17(23)22-14-5-4-10(20)7-13(14)19;1-21-13-9(3-2-6-18-13)12(15(22)20-23)14(21)19-11-5-4-8(17)7-10(11)16/h5-10,23H,1-4H3;2-7,11,22,25H,8-9H2,1H3;2-7,19,23H,1H3,(H,20,22). The third-order valence-corrected chi connectivity index (χ3v) is 13.7. The number of aromatic nitrogens is 6. The zero-order valence-corrected chi connectivity index (χ0v) is 47.3. The van der Waals surface area contributed by atoms with Crippen LogP contribution in [-0.4, -0.2) is 86.4 Å². The number of rotatable bonds is 9. The number of amides is 2. The van der Waals surface area contributed by atoms with Crippen LogP contribution in [0.4, 0.5) is 47.7 Å². The van der Waals surface area contributed by atoms with Crippen molar-refractivity contribution in [3.05, 3.63) is 154 Å². The number of carbonyl (C=O) groups excluding carboxylic acids is 3. The summed E-state index contributed by atoms with van der Waals surface area (Å²) in [6.45, 7) is 6.01. The molecule has 1 aliphatic rings. The van der Waals surface area contributed by atoms with E-state index in [1.54, 1.807) is 151 Å². The van der Waals surface area contributed by atoms with Crippen LogP contribution >= 0.6 is 67.8 Å². The highest BCUT2D eigenvalue weighted by Crippen LogP contribution is 2.36. The number of pyridine rings is 3. The molecule has 3 aromatic carbocycles. The lowest BCUT2D eigenvalue weighted by molar-refractivity contribution is 0.00605. The van der Waals surface area contributed by atoms with Crippen LogP contribution in [0.3, 0.4) is 0 Å². The number of halogens is 6. The van der Waals surface area contributed by atoms with Crippen molar-refractivity contribution in [1.29, 1.82) is 0 Å². The highest BCUT2D eigenvalue weighted by Gasteiger charge is 2.34. The minimum atomic E-state index is -0.697. The van der Waals surface area contributed by atoms with Gasteiger partial charge < -0.3 is 44.4 Å². The number of aliphatic hydroxyl groups is 1. The molecule has 17 nitrogen and oxygen atoms in total. The van der Waals surface area contributed by atoms with Gasteiger partial charge in [-0.3, -0.25) is 14.8 Å². The van der Waals surface area contributed by atoms with E-state index in [-0.39, 0.29) is 28.5 Å². The van der Waals surface area contributed by atoms with Gasteiger partial charge in [0, 0.05) is 79.7 Å². The van der Waals surface area contributed by atoms with Crippen molar-refractivity contribution < 1.29 is 42.6 Å². The fourth-order valence-corrected chi connectivity index (χ4v) is 9.55. The van der Waals surface area contributed by atoms with Gasteiger partial charge in [-0.1, -0.05) is 0 Å². The lowest BCUT2D eigenvalue weighted by Gasteiger charge is -2.36. The summed E-state index contributed by atoms with van der Waals surface area (Å²) in [6.07, 6.45) is 4.41. The van der Waals surface area contributed by atoms with Gasteiger partial charge in [-0.2, -0.15) is 0 Å². The van der Waals surface area contributed by atoms with Crippen LogP contribution in [-0.2, 0) is 25.9 Å². The summed E-state index contributed by atoms with van der Waals surface area (Å²) in [5.74, 6) is -1.36. The lowest BCUT2D eigenvalue weighted by Crippen LogP contribution is -2.53. The number of hydrogen-bond acceptors (Lipinski definition) is 12. The lowest BCUT2D eigenvalue weighted by atomic mass is 10.1. The van der Waals surface area contributed by atoms with Gasteiger partial charge in [-0.15, -0.1) is 0 Å². The first kappa shape index (κ1) is 54.7. The number of nitrogens with zero attached hydrogens (tertiary/aromatic N) is 7. The number of hydrogen-bond donors (Lipinski definition) is 6. The van der Waals surface area contributed by atoms with Crippen LogP contribution in [0.5, 0.6) is 0 Å². The van der Waals surface area contributed by atoms with Crippen LogP contribution in [0.2, 0.25) is 0 Å². The van der Waals surface area contributed by atoms with E-state index in [1.807, 2.05) is 73.8 Å². The van der Waals surface area contributed by atoms with E-state index >= 15 is 0 Å². The number of β-amino-alcohol motifs (C(OH)–C–C–N with tert-alkyl or cyclic N) is 1. The molecule has 23 heteroatoms. The fourth-order valence-electron chi connectivity index (χ4n) is 8.19. The average Bonchev–Trinajstić information content (AvgIpc) is 3.94.